The molecule has 0 saturated carbocycles. The van der Waals surface area contributed by atoms with E-state index < -0.39 is 5.31 Å². The summed E-state index contributed by atoms with van der Waals surface area (Å²) < 4.78 is 0. The predicted octanol–water partition coefficient (Wildman–Crippen LogP) is 28.9. The van der Waals surface area contributed by atoms with E-state index in [1.807, 2.05) is 0 Å². The van der Waals surface area contributed by atoms with Crippen molar-refractivity contribution in [3.8, 4) is 0 Å². The first-order valence-corrected chi connectivity index (χ1v) is 41.3. The molecule has 0 unspecified atom stereocenters. The molecule has 74 heavy (non-hydrogen) atoms. The fraction of sp³-hybridized carbons (Fsp3) is 1.00. The van der Waals surface area contributed by atoms with Gasteiger partial charge in [-0.15, -0.1) is 0 Å². The van der Waals surface area contributed by atoms with Gasteiger partial charge in [0.2, 0.25) is 0 Å². The van der Waals surface area contributed by atoms with Crippen molar-refractivity contribution in [1.29, 1.82) is 0 Å². The van der Waals surface area contributed by atoms with E-state index in [-0.39, 0.29) is 0 Å². The normalized spacial score (nSPS) is 12.6. The minimum atomic E-state index is -1.92. The number of rotatable bonds is 68. The van der Waals surface area contributed by atoms with E-state index in [2.05, 4.69) is 27.7 Å². The smallest absolute Gasteiger partial charge is 0.0654 e. The van der Waals surface area contributed by atoms with Crippen molar-refractivity contribution in [2.75, 3.05) is 24.6 Å². The standard InChI is InChI=1S/C72H148BrP/c1-5-9-13-17-21-25-29-33-37-41-45-49-53-57-61-65-69-74(73,70-66-62-58-54-50-46-42-38-34-30-26-22-18-14-10-6-2,71-67-63-59-55-51-47-43-39-35-31-27-23-19-15-11-7-3)72-68-64-60-56-52-48-44-40-36-32-28-24-20-16-12-8-4/h5-72H2,1-4H3. The average molecular weight is 1120 g/mol. The SMILES string of the molecule is CCCCCCCCCCCCCCCCCCP(Br)(CCCCCCCCCCCCCCCCCC)(CCCCCCCCCCCCCCCCCC)CCCCCCCCCCCCCCCCCC. The van der Waals surface area contributed by atoms with Crippen LogP contribution in [0, 0.1) is 0 Å². The van der Waals surface area contributed by atoms with E-state index in [0.717, 1.165) is 0 Å². The molecule has 0 nitrogen and oxygen atoms in total. The summed E-state index contributed by atoms with van der Waals surface area (Å²) in [5.74, 6) is 0. The third kappa shape index (κ3) is 57.6. The predicted molar refractivity (Wildman–Crippen MR) is 353 cm³/mol. The third-order valence-electron chi connectivity index (χ3n) is 18.3. The van der Waals surface area contributed by atoms with Gasteiger partial charge in [-0.05, 0) is 0 Å². The maximum atomic E-state index is 5.00. The Morgan fingerprint density at radius 3 is 0.311 bits per heavy atom. The van der Waals surface area contributed by atoms with Crippen molar-refractivity contribution in [2.24, 2.45) is 0 Å². The minimum Gasteiger partial charge on any atom is -0.0654 e. The van der Waals surface area contributed by atoms with Crippen LogP contribution >= 0.6 is 20.8 Å². The molecule has 0 aromatic heterocycles. The number of halogens is 1. The molecular weight excluding hydrogens is 976 g/mol. The Balaban J connectivity index is 5.09. The number of hydrogen-bond acceptors (Lipinski definition) is 0. The molecule has 0 aromatic rings. The van der Waals surface area contributed by atoms with Crippen molar-refractivity contribution in [1.82, 2.24) is 0 Å². The van der Waals surface area contributed by atoms with Crippen LogP contribution in [0.1, 0.15) is 439 Å². The Morgan fingerprint density at radius 2 is 0.216 bits per heavy atom. The summed E-state index contributed by atoms with van der Waals surface area (Å²) in [7, 11) is 0. The van der Waals surface area contributed by atoms with E-state index in [4.69, 9.17) is 15.5 Å². The van der Waals surface area contributed by atoms with E-state index in [9.17, 15) is 0 Å². The number of unbranched alkanes of at least 4 members (excludes halogenated alkanes) is 60. The van der Waals surface area contributed by atoms with Gasteiger partial charge in [0, 0.05) is 0 Å². The van der Waals surface area contributed by atoms with Gasteiger partial charge in [-0.1, -0.05) is 156 Å². The fourth-order valence-electron chi connectivity index (χ4n) is 12.9. The van der Waals surface area contributed by atoms with Gasteiger partial charge in [-0.25, -0.2) is 0 Å². The average Bonchev–Trinajstić information content (AvgIpc) is 3.40. The molecule has 0 fully saturated rings. The van der Waals surface area contributed by atoms with Crippen LogP contribution in [0.3, 0.4) is 0 Å². The molecule has 0 spiro atoms. The summed E-state index contributed by atoms with van der Waals surface area (Å²) >= 11 is 5.00. The van der Waals surface area contributed by atoms with Crippen molar-refractivity contribution in [3.63, 3.8) is 0 Å². The first-order valence-electron chi connectivity index (χ1n) is 36.3. The molecule has 0 radical (unpaired) electrons. The van der Waals surface area contributed by atoms with Crippen LogP contribution in [0.15, 0.2) is 0 Å². The van der Waals surface area contributed by atoms with E-state index in [1.54, 1.807) is 24.6 Å². The van der Waals surface area contributed by atoms with Crippen LogP contribution in [0.2, 0.25) is 0 Å². The molecule has 0 atom stereocenters. The second-order valence-corrected chi connectivity index (χ2v) is 37.4. The zero-order valence-corrected chi connectivity index (χ0v) is 55.4. The molecule has 0 N–H and O–H groups in total. The Kier molecular flexibility index (Phi) is 63.9. The summed E-state index contributed by atoms with van der Waals surface area (Å²) in [5.41, 5.74) is 0. The van der Waals surface area contributed by atoms with E-state index in [0.29, 0.717) is 0 Å². The summed E-state index contributed by atoms with van der Waals surface area (Å²) in [4.78, 5) is 0. The summed E-state index contributed by atoms with van der Waals surface area (Å²) in [6.07, 6.45) is 101. The van der Waals surface area contributed by atoms with Gasteiger partial charge in [-0.2, -0.15) is 0 Å². The van der Waals surface area contributed by atoms with Crippen molar-refractivity contribution >= 4 is 20.8 Å². The van der Waals surface area contributed by atoms with Crippen LogP contribution in [0.4, 0.5) is 0 Å². The summed E-state index contributed by atoms with van der Waals surface area (Å²) in [6, 6.07) is 0. The molecule has 0 heterocycles. The topological polar surface area (TPSA) is 0 Å². The quantitative estimate of drug-likeness (QED) is 0.0421. The Morgan fingerprint density at radius 1 is 0.135 bits per heavy atom. The van der Waals surface area contributed by atoms with Crippen LogP contribution in [0.5, 0.6) is 0 Å². The zero-order chi connectivity index (χ0) is 53.5. The Bertz CT molecular complexity index is 836. The number of hydrogen-bond donors (Lipinski definition) is 0. The zero-order valence-electron chi connectivity index (χ0n) is 52.9. The van der Waals surface area contributed by atoms with Gasteiger partial charge in [0.05, 0.1) is 0 Å². The molecule has 0 rings (SSSR count). The molecular formula is C72H148BrP. The van der Waals surface area contributed by atoms with Gasteiger partial charge in [-0.3, -0.25) is 0 Å². The van der Waals surface area contributed by atoms with E-state index in [1.165, 1.54) is 411 Å². The fourth-order valence-corrected chi connectivity index (χ4v) is 21.3. The molecule has 2 heteroatoms. The minimum absolute atomic E-state index is 1.37. The summed E-state index contributed by atoms with van der Waals surface area (Å²) in [6.45, 7) is 9.33. The van der Waals surface area contributed by atoms with Crippen molar-refractivity contribution in [2.45, 2.75) is 439 Å². The molecule has 0 bridgehead atoms. The Hall–Kier alpha value is 0.910. The summed E-state index contributed by atoms with van der Waals surface area (Å²) in [5, 5.41) is -1.92. The maximum absolute atomic E-state index is 5.00. The first-order chi connectivity index (χ1) is 36.5. The monoisotopic (exact) mass is 1120 g/mol. The van der Waals surface area contributed by atoms with Crippen LogP contribution in [-0.4, -0.2) is 24.6 Å². The second kappa shape index (κ2) is 63.1. The molecule has 0 amide bonds. The molecule has 0 aliphatic carbocycles. The molecule has 0 aliphatic rings. The van der Waals surface area contributed by atoms with Crippen LogP contribution in [-0.2, 0) is 0 Å². The first kappa shape index (κ1) is 74.9. The van der Waals surface area contributed by atoms with Gasteiger partial charge < -0.3 is 0 Å². The molecule has 0 aliphatic heterocycles. The van der Waals surface area contributed by atoms with Gasteiger partial charge in [0.1, 0.15) is 0 Å². The van der Waals surface area contributed by atoms with Gasteiger partial charge in [0.25, 0.3) is 0 Å². The van der Waals surface area contributed by atoms with Crippen molar-refractivity contribution in [3.05, 3.63) is 0 Å². The molecule has 448 valence electrons. The van der Waals surface area contributed by atoms with Crippen LogP contribution < -0.4 is 0 Å². The van der Waals surface area contributed by atoms with Gasteiger partial charge in [0.15, 0.2) is 0 Å². The second-order valence-electron chi connectivity index (χ2n) is 25.9. The van der Waals surface area contributed by atoms with Crippen molar-refractivity contribution < 1.29 is 0 Å². The van der Waals surface area contributed by atoms with Gasteiger partial charge >= 0.3 is 328 Å². The molecule has 0 aromatic carbocycles. The van der Waals surface area contributed by atoms with E-state index >= 15 is 0 Å². The Labute approximate surface area is 481 Å². The molecule has 0 saturated heterocycles. The van der Waals surface area contributed by atoms with Crippen LogP contribution in [0.25, 0.3) is 0 Å². The third-order valence-corrected chi connectivity index (χ3v) is 28.3.